The predicted molar refractivity (Wildman–Crippen MR) is 109 cm³/mol. The number of anilines is 2. The highest BCUT2D eigenvalue weighted by atomic mass is 15.3. The van der Waals surface area contributed by atoms with Gasteiger partial charge in [-0.15, -0.1) is 0 Å². The molecule has 0 unspecified atom stereocenters. The standard InChI is InChI=1S/C22H25N5/c1-17-15-21(26(2)13-9-18-7-11-23-12-8-18)25-22(24-17)27-14-10-19-5-3-4-6-20(19)16-27/h3-8,11-12,15H,9-10,13-14,16H2,1-2H3. The molecule has 1 aliphatic rings. The van der Waals surface area contributed by atoms with E-state index in [4.69, 9.17) is 9.97 Å². The first-order valence-electron chi connectivity index (χ1n) is 9.46. The summed E-state index contributed by atoms with van der Waals surface area (Å²) in [6.07, 6.45) is 5.70. The van der Waals surface area contributed by atoms with Gasteiger partial charge in [0.2, 0.25) is 5.95 Å². The third kappa shape index (κ3) is 4.08. The zero-order valence-electron chi connectivity index (χ0n) is 16.0. The Hall–Kier alpha value is -2.95. The fraction of sp³-hybridized carbons (Fsp3) is 0.318. The first-order chi connectivity index (χ1) is 13.2. The van der Waals surface area contributed by atoms with Crippen molar-refractivity contribution < 1.29 is 0 Å². The van der Waals surface area contributed by atoms with Crippen LogP contribution in [0.4, 0.5) is 11.8 Å². The van der Waals surface area contributed by atoms with Crippen molar-refractivity contribution in [3.63, 3.8) is 0 Å². The van der Waals surface area contributed by atoms with Gasteiger partial charge in [0.1, 0.15) is 5.82 Å². The molecule has 5 heteroatoms. The maximum atomic E-state index is 4.87. The average molecular weight is 359 g/mol. The van der Waals surface area contributed by atoms with Gasteiger partial charge in [-0.25, -0.2) is 4.98 Å². The fourth-order valence-electron chi connectivity index (χ4n) is 3.50. The Morgan fingerprint density at radius 2 is 1.81 bits per heavy atom. The molecule has 4 rings (SSSR count). The van der Waals surface area contributed by atoms with E-state index in [0.29, 0.717) is 0 Å². The average Bonchev–Trinajstić information content (AvgIpc) is 2.72. The number of hydrogen-bond acceptors (Lipinski definition) is 5. The van der Waals surface area contributed by atoms with Gasteiger partial charge in [0.25, 0.3) is 0 Å². The molecule has 0 bridgehead atoms. The second-order valence-electron chi connectivity index (χ2n) is 7.13. The minimum absolute atomic E-state index is 0.829. The predicted octanol–water partition coefficient (Wildman–Crippen LogP) is 3.42. The third-order valence-corrected chi connectivity index (χ3v) is 5.12. The summed E-state index contributed by atoms with van der Waals surface area (Å²) >= 11 is 0. The topological polar surface area (TPSA) is 45.2 Å². The first kappa shape index (κ1) is 17.5. The van der Waals surface area contributed by atoms with E-state index in [1.807, 2.05) is 19.3 Å². The minimum Gasteiger partial charge on any atom is -0.359 e. The summed E-state index contributed by atoms with van der Waals surface area (Å²) in [5.74, 6) is 1.81. The van der Waals surface area contributed by atoms with Gasteiger partial charge in [-0.3, -0.25) is 4.98 Å². The van der Waals surface area contributed by atoms with Crippen LogP contribution in [0.3, 0.4) is 0 Å². The van der Waals surface area contributed by atoms with Gasteiger partial charge in [-0.1, -0.05) is 24.3 Å². The monoisotopic (exact) mass is 359 g/mol. The minimum atomic E-state index is 0.829. The molecule has 0 aliphatic carbocycles. The molecule has 0 saturated heterocycles. The smallest absolute Gasteiger partial charge is 0.227 e. The number of nitrogens with zero attached hydrogens (tertiary/aromatic N) is 5. The molecule has 3 heterocycles. The highest BCUT2D eigenvalue weighted by molar-refractivity contribution is 5.47. The molecule has 0 atom stereocenters. The van der Waals surface area contributed by atoms with Crippen LogP contribution in [0.1, 0.15) is 22.4 Å². The van der Waals surface area contributed by atoms with E-state index in [2.05, 4.69) is 64.3 Å². The Kier molecular flexibility index (Phi) is 5.01. The molecule has 0 N–H and O–H groups in total. The van der Waals surface area contributed by atoms with Crippen molar-refractivity contribution >= 4 is 11.8 Å². The summed E-state index contributed by atoms with van der Waals surface area (Å²) in [5, 5.41) is 0. The number of hydrogen-bond donors (Lipinski definition) is 0. The van der Waals surface area contributed by atoms with Gasteiger partial charge >= 0.3 is 0 Å². The Bertz CT molecular complexity index is 910. The quantitative estimate of drug-likeness (QED) is 0.698. The van der Waals surface area contributed by atoms with Crippen LogP contribution in [0.15, 0.2) is 54.9 Å². The van der Waals surface area contributed by atoms with Gasteiger partial charge in [-0.2, -0.15) is 4.98 Å². The van der Waals surface area contributed by atoms with Crippen LogP contribution in [0.5, 0.6) is 0 Å². The SMILES string of the molecule is Cc1cc(N(C)CCc2ccncc2)nc(N2CCc3ccccc3C2)n1. The summed E-state index contributed by atoms with van der Waals surface area (Å²) in [6, 6.07) is 14.9. The lowest BCUT2D eigenvalue weighted by Gasteiger charge is -2.30. The van der Waals surface area contributed by atoms with Gasteiger partial charge < -0.3 is 9.80 Å². The Morgan fingerprint density at radius 3 is 2.63 bits per heavy atom. The summed E-state index contributed by atoms with van der Waals surface area (Å²) in [4.78, 5) is 18.2. The van der Waals surface area contributed by atoms with Crippen LogP contribution in [0.2, 0.25) is 0 Å². The van der Waals surface area contributed by atoms with Crippen molar-refractivity contribution in [1.29, 1.82) is 0 Å². The molecular weight excluding hydrogens is 334 g/mol. The number of aryl methyl sites for hydroxylation is 1. The van der Waals surface area contributed by atoms with Gasteiger partial charge in [0.15, 0.2) is 0 Å². The first-order valence-corrected chi connectivity index (χ1v) is 9.46. The molecular formula is C22H25N5. The van der Waals surface area contributed by atoms with Gasteiger partial charge in [-0.05, 0) is 48.6 Å². The maximum absolute atomic E-state index is 4.87. The van der Waals surface area contributed by atoms with Crippen molar-refractivity contribution in [3.8, 4) is 0 Å². The van der Waals surface area contributed by atoms with Crippen LogP contribution in [-0.2, 0) is 19.4 Å². The molecule has 2 aromatic heterocycles. The zero-order valence-corrected chi connectivity index (χ0v) is 16.0. The van der Waals surface area contributed by atoms with Crippen LogP contribution in [0.25, 0.3) is 0 Å². The van der Waals surface area contributed by atoms with Crippen LogP contribution < -0.4 is 9.80 Å². The van der Waals surface area contributed by atoms with Crippen LogP contribution >= 0.6 is 0 Å². The van der Waals surface area contributed by atoms with E-state index < -0.39 is 0 Å². The zero-order chi connectivity index (χ0) is 18.6. The second kappa shape index (κ2) is 7.74. The lowest BCUT2D eigenvalue weighted by atomic mass is 10.0. The number of aromatic nitrogens is 3. The number of pyridine rings is 1. The molecule has 5 nitrogen and oxygen atoms in total. The van der Waals surface area contributed by atoms with Gasteiger partial charge in [0.05, 0.1) is 0 Å². The molecule has 1 aliphatic heterocycles. The van der Waals surface area contributed by atoms with Gasteiger partial charge in [0, 0.05) is 50.8 Å². The van der Waals surface area contributed by atoms with E-state index in [1.165, 1.54) is 16.7 Å². The summed E-state index contributed by atoms with van der Waals surface area (Å²) in [5.41, 5.74) is 5.11. The van der Waals surface area contributed by atoms with Crippen molar-refractivity contribution in [3.05, 3.63) is 77.2 Å². The number of benzene rings is 1. The Morgan fingerprint density at radius 1 is 1.04 bits per heavy atom. The highest BCUT2D eigenvalue weighted by Crippen LogP contribution is 2.24. The van der Waals surface area contributed by atoms with E-state index in [9.17, 15) is 0 Å². The number of fused-ring (bicyclic) bond motifs is 1. The molecule has 3 aromatic rings. The normalized spacial score (nSPS) is 13.3. The van der Waals surface area contributed by atoms with Crippen molar-refractivity contribution in [2.24, 2.45) is 0 Å². The highest BCUT2D eigenvalue weighted by Gasteiger charge is 2.19. The largest absolute Gasteiger partial charge is 0.359 e. The van der Waals surface area contributed by atoms with Crippen LogP contribution in [-0.4, -0.2) is 35.1 Å². The molecule has 0 radical (unpaired) electrons. The lowest BCUT2D eigenvalue weighted by molar-refractivity contribution is 0.703. The molecule has 27 heavy (non-hydrogen) atoms. The maximum Gasteiger partial charge on any atom is 0.227 e. The molecule has 138 valence electrons. The molecule has 1 aromatic carbocycles. The molecule has 0 saturated carbocycles. The summed E-state index contributed by atoms with van der Waals surface area (Å²) in [7, 11) is 2.10. The third-order valence-electron chi connectivity index (χ3n) is 5.12. The number of likely N-dealkylation sites (N-methyl/N-ethyl adjacent to an activating group) is 1. The summed E-state index contributed by atoms with van der Waals surface area (Å²) < 4.78 is 0. The van der Waals surface area contributed by atoms with E-state index >= 15 is 0 Å². The fourth-order valence-corrected chi connectivity index (χ4v) is 3.50. The summed E-state index contributed by atoms with van der Waals surface area (Å²) in [6.45, 7) is 4.78. The van der Waals surface area contributed by atoms with Crippen molar-refractivity contribution in [1.82, 2.24) is 15.0 Å². The number of rotatable bonds is 5. The van der Waals surface area contributed by atoms with Crippen LogP contribution in [0, 0.1) is 6.92 Å². The lowest BCUT2D eigenvalue weighted by Crippen LogP contribution is -2.32. The van der Waals surface area contributed by atoms with E-state index in [1.54, 1.807) is 0 Å². The molecule has 0 spiro atoms. The molecule has 0 fully saturated rings. The Balaban J connectivity index is 1.50. The van der Waals surface area contributed by atoms with E-state index in [0.717, 1.165) is 49.9 Å². The Labute approximate surface area is 160 Å². The van der Waals surface area contributed by atoms with Crippen molar-refractivity contribution in [2.75, 3.05) is 29.9 Å². The second-order valence-corrected chi connectivity index (χ2v) is 7.13. The van der Waals surface area contributed by atoms with Crippen molar-refractivity contribution in [2.45, 2.75) is 26.3 Å². The molecule has 0 amide bonds. The van der Waals surface area contributed by atoms with E-state index in [-0.39, 0.29) is 0 Å².